The minimum atomic E-state index is 0. The SMILES string of the molecule is C.CC.CO.COc1ccc2c(c1)oc1cc3c(cc12)oc1cc(C)ccc13. The summed E-state index contributed by atoms with van der Waals surface area (Å²) in [5, 5.41) is 11.3. The molecule has 4 heteroatoms. The van der Waals surface area contributed by atoms with E-state index in [1.54, 1.807) is 7.11 Å². The molecule has 0 aliphatic heterocycles. The third-order valence-electron chi connectivity index (χ3n) is 4.43. The van der Waals surface area contributed by atoms with Gasteiger partial charge in [0.25, 0.3) is 0 Å². The largest absolute Gasteiger partial charge is 0.497 e. The lowest BCUT2D eigenvalue weighted by molar-refractivity contribution is 0.399. The van der Waals surface area contributed by atoms with Crippen molar-refractivity contribution in [3.05, 3.63) is 54.1 Å². The molecular formula is C24H28O4. The van der Waals surface area contributed by atoms with E-state index in [0.717, 1.165) is 56.7 Å². The summed E-state index contributed by atoms with van der Waals surface area (Å²) >= 11 is 0. The number of fused-ring (bicyclic) bond motifs is 6. The minimum absolute atomic E-state index is 0. The quantitative estimate of drug-likeness (QED) is 0.338. The molecule has 0 radical (unpaired) electrons. The van der Waals surface area contributed by atoms with Gasteiger partial charge >= 0.3 is 0 Å². The van der Waals surface area contributed by atoms with Crippen molar-refractivity contribution in [1.82, 2.24) is 0 Å². The zero-order valence-electron chi connectivity index (χ0n) is 16.3. The maximum Gasteiger partial charge on any atom is 0.139 e. The lowest BCUT2D eigenvalue weighted by Gasteiger charge is -1.97. The van der Waals surface area contributed by atoms with E-state index in [0.29, 0.717) is 0 Å². The van der Waals surface area contributed by atoms with Gasteiger partial charge in [-0.15, -0.1) is 0 Å². The zero-order chi connectivity index (χ0) is 19.6. The zero-order valence-corrected chi connectivity index (χ0v) is 16.3. The van der Waals surface area contributed by atoms with Crippen LogP contribution in [0.2, 0.25) is 0 Å². The first-order valence-electron chi connectivity index (χ1n) is 9.01. The molecule has 4 nitrogen and oxygen atoms in total. The van der Waals surface area contributed by atoms with Gasteiger partial charge in [0.05, 0.1) is 7.11 Å². The van der Waals surface area contributed by atoms with Crippen molar-refractivity contribution in [2.24, 2.45) is 0 Å². The Balaban J connectivity index is 0.000000529. The first-order chi connectivity index (χ1) is 13.2. The van der Waals surface area contributed by atoms with Crippen molar-refractivity contribution in [2.75, 3.05) is 14.2 Å². The van der Waals surface area contributed by atoms with Crippen molar-refractivity contribution < 1.29 is 18.7 Å². The number of hydrogen-bond donors (Lipinski definition) is 1. The van der Waals surface area contributed by atoms with Gasteiger partial charge in [-0.25, -0.2) is 0 Å². The second kappa shape index (κ2) is 8.81. The van der Waals surface area contributed by atoms with Crippen molar-refractivity contribution >= 4 is 43.9 Å². The molecule has 0 fully saturated rings. The van der Waals surface area contributed by atoms with Gasteiger partial charge in [0.1, 0.15) is 28.1 Å². The third-order valence-corrected chi connectivity index (χ3v) is 4.43. The summed E-state index contributed by atoms with van der Waals surface area (Å²) in [4.78, 5) is 0. The van der Waals surface area contributed by atoms with Gasteiger partial charge < -0.3 is 18.7 Å². The molecule has 5 aromatic rings. The van der Waals surface area contributed by atoms with Crippen LogP contribution >= 0.6 is 0 Å². The summed E-state index contributed by atoms with van der Waals surface area (Å²) < 4.78 is 17.3. The molecule has 0 atom stereocenters. The molecule has 0 amide bonds. The first-order valence-corrected chi connectivity index (χ1v) is 9.01. The summed E-state index contributed by atoms with van der Waals surface area (Å²) in [6, 6.07) is 16.3. The van der Waals surface area contributed by atoms with E-state index in [1.807, 2.05) is 32.0 Å². The molecule has 2 aromatic heterocycles. The van der Waals surface area contributed by atoms with Crippen LogP contribution in [0.4, 0.5) is 0 Å². The molecule has 0 aliphatic carbocycles. The molecule has 0 unspecified atom stereocenters. The fourth-order valence-electron chi connectivity index (χ4n) is 3.26. The van der Waals surface area contributed by atoms with Crippen LogP contribution in [0.1, 0.15) is 26.8 Å². The highest BCUT2D eigenvalue weighted by Crippen LogP contribution is 2.37. The maximum atomic E-state index is 7.00. The lowest BCUT2D eigenvalue weighted by Crippen LogP contribution is -1.80. The fourth-order valence-corrected chi connectivity index (χ4v) is 3.26. The van der Waals surface area contributed by atoms with Crippen LogP contribution in [0.5, 0.6) is 5.75 Å². The van der Waals surface area contributed by atoms with Crippen LogP contribution in [0, 0.1) is 6.92 Å². The molecule has 2 heterocycles. The van der Waals surface area contributed by atoms with Gasteiger partial charge in [-0.1, -0.05) is 33.4 Å². The standard InChI is InChI=1S/C20H14O3.C2H6.CH4O.CH4/c1-11-3-5-13-15-9-20-16(10-19(15)22-17(13)7-11)14-6-4-12(21-2)8-18(14)23-20;2*1-2;/h3-10H,1-2H3;1-2H3;2H,1H3;1H4. The van der Waals surface area contributed by atoms with Crippen LogP contribution < -0.4 is 4.74 Å². The molecule has 0 bridgehead atoms. The fraction of sp³-hybridized carbons (Fsp3) is 0.250. The number of aliphatic hydroxyl groups excluding tert-OH is 1. The summed E-state index contributed by atoms with van der Waals surface area (Å²) in [6.45, 7) is 6.07. The minimum Gasteiger partial charge on any atom is -0.497 e. The van der Waals surface area contributed by atoms with E-state index in [1.165, 1.54) is 5.56 Å². The van der Waals surface area contributed by atoms with Gasteiger partial charge in [0.15, 0.2) is 0 Å². The normalized spacial score (nSPS) is 10.2. The molecule has 0 saturated carbocycles. The number of ether oxygens (including phenoxy) is 1. The van der Waals surface area contributed by atoms with Gasteiger partial charge in [0.2, 0.25) is 0 Å². The smallest absolute Gasteiger partial charge is 0.139 e. The highest BCUT2D eigenvalue weighted by Gasteiger charge is 2.13. The Labute approximate surface area is 165 Å². The van der Waals surface area contributed by atoms with Crippen LogP contribution in [0.15, 0.2) is 57.4 Å². The van der Waals surface area contributed by atoms with Crippen LogP contribution in [0.3, 0.4) is 0 Å². The van der Waals surface area contributed by atoms with E-state index in [9.17, 15) is 0 Å². The molecule has 0 spiro atoms. The summed E-state index contributed by atoms with van der Waals surface area (Å²) in [7, 11) is 2.66. The predicted molar refractivity (Wildman–Crippen MR) is 119 cm³/mol. The Kier molecular flexibility index (Phi) is 6.71. The van der Waals surface area contributed by atoms with Crippen LogP contribution in [0.25, 0.3) is 43.9 Å². The van der Waals surface area contributed by atoms with Crippen molar-refractivity contribution in [2.45, 2.75) is 28.2 Å². The Morgan fingerprint density at radius 3 is 1.68 bits per heavy atom. The number of methoxy groups -OCH3 is 1. The number of aryl methyl sites for hydroxylation is 1. The second-order valence-corrected chi connectivity index (χ2v) is 5.91. The van der Waals surface area contributed by atoms with Gasteiger partial charge in [-0.05, 0) is 42.8 Å². The average Bonchev–Trinajstić information content (AvgIpc) is 3.25. The molecule has 148 valence electrons. The van der Waals surface area contributed by atoms with Crippen LogP contribution in [-0.4, -0.2) is 19.3 Å². The van der Waals surface area contributed by atoms with Crippen molar-refractivity contribution in [3.63, 3.8) is 0 Å². The van der Waals surface area contributed by atoms with E-state index >= 15 is 0 Å². The van der Waals surface area contributed by atoms with Gasteiger partial charge in [-0.3, -0.25) is 0 Å². The molecule has 0 saturated heterocycles. The molecule has 28 heavy (non-hydrogen) atoms. The maximum absolute atomic E-state index is 7.00. The van der Waals surface area contributed by atoms with Gasteiger partial charge in [-0.2, -0.15) is 0 Å². The predicted octanol–water partition coefficient (Wildman–Crippen LogP) is 7.07. The number of furan rings is 2. The third kappa shape index (κ3) is 3.43. The summed E-state index contributed by atoms with van der Waals surface area (Å²) in [5.74, 6) is 0.793. The van der Waals surface area contributed by atoms with Crippen LogP contribution in [-0.2, 0) is 0 Å². The number of benzene rings is 3. The second-order valence-electron chi connectivity index (χ2n) is 5.91. The lowest BCUT2D eigenvalue weighted by atomic mass is 10.1. The Morgan fingerprint density at radius 2 is 1.14 bits per heavy atom. The molecule has 1 N–H and O–H groups in total. The highest BCUT2D eigenvalue weighted by atomic mass is 16.5. The topological polar surface area (TPSA) is 55.7 Å². The monoisotopic (exact) mass is 380 g/mol. The summed E-state index contributed by atoms with van der Waals surface area (Å²) in [6.07, 6.45) is 0. The van der Waals surface area contributed by atoms with E-state index in [2.05, 4.69) is 37.3 Å². The van der Waals surface area contributed by atoms with Gasteiger partial charge in [0, 0.05) is 34.7 Å². The molecule has 3 aromatic carbocycles. The van der Waals surface area contributed by atoms with E-state index < -0.39 is 0 Å². The number of rotatable bonds is 1. The number of hydrogen-bond acceptors (Lipinski definition) is 4. The highest BCUT2D eigenvalue weighted by molar-refractivity contribution is 6.14. The molecule has 0 aliphatic rings. The van der Waals surface area contributed by atoms with E-state index in [4.69, 9.17) is 18.7 Å². The molecular weight excluding hydrogens is 352 g/mol. The summed E-state index contributed by atoms with van der Waals surface area (Å²) in [5.41, 5.74) is 4.68. The Hall–Kier alpha value is -2.98. The van der Waals surface area contributed by atoms with E-state index in [-0.39, 0.29) is 7.43 Å². The Morgan fingerprint density at radius 1 is 0.679 bits per heavy atom. The average molecular weight is 380 g/mol. The van der Waals surface area contributed by atoms with Crippen molar-refractivity contribution in [3.8, 4) is 5.75 Å². The number of aliphatic hydroxyl groups is 1. The Bertz CT molecular complexity index is 1210. The van der Waals surface area contributed by atoms with Crippen molar-refractivity contribution in [1.29, 1.82) is 0 Å². The first kappa shape index (κ1) is 21.3. The molecule has 5 rings (SSSR count).